The standard InChI is InChI=1S/C12H15NO4S3.Na/c1-4(14)7-10(16)13-8(12(17)18)9(20-11(7)13)5-2-19-3-6(5)15;/h4-7,11,14-15H,2-3H2,1H3,(H,17,18);/q;+1/p-1/t4-,5+,6-,7+,11-;/m1./s1. The maximum Gasteiger partial charge on any atom is 1.00 e. The van der Waals surface area contributed by atoms with Gasteiger partial charge < -0.3 is 15.3 Å². The first kappa shape index (κ1) is 18.1. The number of aliphatic hydroxyl groups excluding tert-OH is 2. The van der Waals surface area contributed by atoms with E-state index in [-0.39, 0.29) is 52.5 Å². The van der Waals surface area contributed by atoms with Crippen LogP contribution in [0, 0.1) is 11.8 Å². The number of nitrogens with zero attached hydrogens (tertiary/aromatic N) is 1. The van der Waals surface area contributed by atoms with E-state index in [0.29, 0.717) is 5.75 Å². The molecular weight excluding hydrogens is 341 g/mol. The van der Waals surface area contributed by atoms with E-state index in [9.17, 15) is 20.1 Å². The van der Waals surface area contributed by atoms with E-state index >= 15 is 0 Å². The minimum absolute atomic E-state index is 0. The van der Waals surface area contributed by atoms with Crippen LogP contribution in [0.5, 0.6) is 0 Å². The van der Waals surface area contributed by atoms with Crippen LogP contribution in [-0.4, -0.2) is 55.2 Å². The molecule has 3 heterocycles. The molecule has 3 aliphatic heterocycles. The Morgan fingerprint density at radius 2 is 2.19 bits per heavy atom. The van der Waals surface area contributed by atoms with Gasteiger partial charge in [-0.1, -0.05) is 12.2 Å². The predicted molar refractivity (Wildman–Crippen MR) is 79.8 cm³/mol. The van der Waals surface area contributed by atoms with Crippen molar-refractivity contribution in [2.75, 3.05) is 11.5 Å². The summed E-state index contributed by atoms with van der Waals surface area (Å²) in [5.41, 5.74) is 0.253. The van der Waals surface area contributed by atoms with Crippen LogP contribution < -0.4 is 34.7 Å². The van der Waals surface area contributed by atoms with Crippen LogP contribution in [0.25, 0.3) is 0 Å². The molecule has 0 unspecified atom stereocenters. The van der Waals surface area contributed by atoms with Crippen LogP contribution in [0.3, 0.4) is 0 Å². The summed E-state index contributed by atoms with van der Waals surface area (Å²) in [6, 6.07) is 0. The summed E-state index contributed by atoms with van der Waals surface area (Å²) >= 11 is 7.78. The zero-order valence-electron chi connectivity index (χ0n) is 11.7. The molecule has 0 saturated carbocycles. The molecule has 0 aromatic rings. The summed E-state index contributed by atoms with van der Waals surface area (Å²) in [4.78, 5) is 14.2. The minimum Gasteiger partial charge on any atom is -0.863 e. The van der Waals surface area contributed by atoms with E-state index in [1.165, 1.54) is 16.7 Å². The number of carbonyl (C=O) groups excluding carboxylic acids is 1. The van der Waals surface area contributed by atoms with Crippen LogP contribution in [-0.2, 0) is 4.79 Å². The number of amides is 1. The van der Waals surface area contributed by atoms with Gasteiger partial charge in [0.05, 0.1) is 23.8 Å². The molecule has 2 fully saturated rings. The maximum absolute atomic E-state index is 12.1. The van der Waals surface area contributed by atoms with Gasteiger partial charge >= 0.3 is 29.6 Å². The molecule has 0 aromatic heterocycles. The number of thioether (sulfide) groups is 2. The monoisotopic (exact) mass is 355 g/mol. The first-order valence-electron chi connectivity index (χ1n) is 6.32. The molecule has 0 radical (unpaired) electrons. The predicted octanol–water partition coefficient (Wildman–Crippen LogP) is -3.47. The Labute approximate surface area is 158 Å². The first-order chi connectivity index (χ1) is 9.43. The van der Waals surface area contributed by atoms with Gasteiger partial charge in [0.25, 0.3) is 0 Å². The molecule has 110 valence electrons. The number of hydrogen-bond acceptors (Lipinski definition) is 7. The molecule has 0 spiro atoms. The molecule has 2 N–H and O–H groups in total. The molecule has 3 rings (SSSR count). The molecule has 0 bridgehead atoms. The molecule has 0 aromatic carbocycles. The molecule has 3 aliphatic rings. The Balaban J connectivity index is 0.00000161. The van der Waals surface area contributed by atoms with Crippen molar-refractivity contribution >= 4 is 46.7 Å². The fraction of sp³-hybridized carbons (Fsp3) is 0.667. The molecule has 1 amide bonds. The number of rotatable bonds is 3. The molecule has 9 heteroatoms. The Hall–Kier alpha value is 0.720. The first-order valence-corrected chi connectivity index (χ1v) is 8.77. The number of β-lactam (4-membered cyclic amide) rings is 1. The van der Waals surface area contributed by atoms with Crippen LogP contribution in [0.4, 0.5) is 0 Å². The van der Waals surface area contributed by atoms with Gasteiger partial charge in [0.2, 0.25) is 5.91 Å². The summed E-state index contributed by atoms with van der Waals surface area (Å²) in [5, 5.41) is 30.6. The molecular formula is C12H14NNaO4S3. The Morgan fingerprint density at radius 3 is 2.67 bits per heavy atom. The van der Waals surface area contributed by atoms with Gasteiger partial charge in [0, 0.05) is 22.3 Å². The van der Waals surface area contributed by atoms with Gasteiger partial charge in [-0.05, 0) is 12.0 Å². The Kier molecular flexibility index (Phi) is 5.75. The van der Waals surface area contributed by atoms with Gasteiger partial charge in [-0.3, -0.25) is 9.69 Å². The van der Waals surface area contributed by atoms with E-state index in [0.717, 1.165) is 10.7 Å². The van der Waals surface area contributed by atoms with Crippen LogP contribution in [0.15, 0.2) is 10.6 Å². The number of hydrogen-bond donors (Lipinski definition) is 2. The fourth-order valence-corrected chi connectivity index (χ4v) is 6.27. The van der Waals surface area contributed by atoms with E-state index in [1.807, 2.05) is 0 Å². The third kappa shape index (κ3) is 2.82. The van der Waals surface area contributed by atoms with Crippen molar-refractivity contribution in [2.24, 2.45) is 11.8 Å². The van der Waals surface area contributed by atoms with Crippen LogP contribution >= 0.6 is 35.7 Å². The zero-order valence-corrected chi connectivity index (χ0v) is 16.1. The van der Waals surface area contributed by atoms with Gasteiger partial charge in [-0.2, -0.15) is 11.8 Å². The third-order valence-electron chi connectivity index (χ3n) is 3.91. The second kappa shape index (κ2) is 6.68. The van der Waals surface area contributed by atoms with Crippen molar-refractivity contribution in [3.63, 3.8) is 0 Å². The van der Waals surface area contributed by atoms with Crippen molar-refractivity contribution in [3.8, 4) is 0 Å². The van der Waals surface area contributed by atoms with Crippen molar-refractivity contribution in [2.45, 2.75) is 24.5 Å². The average Bonchev–Trinajstić information content (AvgIpc) is 2.89. The van der Waals surface area contributed by atoms with E-state index in [2.05, 4.69) is 0 Å². The molecule has 21 heavy (non-hydrogen) atoms. The second-order valence-corrected chi connectivity index (χ2v) is 7.80. The topological polar surface area (TPSA) is 83.8 Å². The number of thiocarbonyl (C=S) groups is 1. The number of carbonyl (C=O) groups is 1. The average molecular weight is 355 g/mol. The minimum atomic E-state index is -0.750. The Morgan fingerprint density at radius 1 is 1.52 bits per heavy atom. The summed E-state index contributed by atoms with van der Waals surface area (Å²) in [6.45, 7) is 1.58. The van der Waals surface area contributed by atoms with Crippen molar-refractivity contribution in [1.82, 2.24) is 4.90 Å². The summed E-state index contributed by atoms with van der Waals surface area (Å²) in [5.74, 6) is 0.476. The van der Waals surface area contributed by atoms with Crippen LogP contribution in [0.1, 0.15) is 6.92 Å². The fourth-order valence-electron chi connectivity index (χ4n) is 2.85. The van der Waals surface area contributed by atoms with Crippen molar-refractivity contribution < 1.29 is 49.7 Å². The molecule has 0 aliphatic carbocycles. The quantitative estimate of drug-likeness (QED) is 0.309. The van der Waals surface area contributed by atoms with E-state index in [4.69, 9.17) is 12.2 Å². The Bertz CT molecular complexity index is 513. The number of aliphatic hydroxyl groups is 2. The van der Waals surface area contributed by atoms with Gasteiger partial charge in [0.1, 0.15) is 5.37 Å². The van der Waals surface area contributed by atoms with Crippen LogP contribution in [0.2, 0.25) is 0 Å². The van der Waals surface area contributed by atoms with E-state index < -0.39 is 23.2 Å². The zero-order chi connectivity index (χ0) is 14.6. The molecule has 5 nitrogen and oxygen atoms in total. The van der Waals surface area contributed by atoms with Gasteiger partial charge in [-0.15, -0.1) is 11.8 Å². The second-order valence-electron chi connectivity index (χ2n) is 5.19. The van der Waals surface area contributed by atoms with Crippen molar-refractivity contribution in [3.05, 3.63) is 10.6 Å². The largest absolute Gasteiger partial charge is 1.00 e. The summed E-state index contributed by atoms with van der Waals surface area (Å²) in [7, 11) is 0. The molecule has 2 saturated heterocycles. The summed E-state index contributed by atoms with van der Waals surface area (Å²) in [6.07, 6.45) is -1.26. The van der Waals surface area contributed by atoms with Crippen molar-refractivity contribution in [1.29, 1.82) is 0 Å². The molecule has 5 atom stereocenters. The van der Waals surface area contributed by atoms with Gasteiger partial charge in [0.15, 0.2) is 0 Å². The third-order valence-corrected chi connectivity index (χ3v) is 6.77. The summed E-state index contributed by atoms with van der Waals surface area (Å²) < 4.78 is 0. The van der Waals surface area contributed by atoms with Gasteiger partial charge in [-0.25, -0.2) is 0 Å². The number of fused-ring (bicyclic) bond motifs is 1. The van der Waals surface area contributed by atoms with E-state index in [1.54, 1.807) is 18.7 Å². The smallest absolute Gasteiger partial charge is 0.863 e. The normalized spacial score (nSPS) is 36.1. The maximum atomic E-state index is 12.1. The SMILES string of the molecule is C[C@@H](O)[C@H]1C(=O)N2C(C([O-])=S)=C([C@H]3CSC[C@H]3O)S[C@H]12.[Na+].